The van der Waals surface area contributed by atoms with E-state index in [2.05, 4.69) is 17.6 Å². The Bertz CT molecular complexity index is 1220. The lowest BCUT2D eigenvalue weighted by Gasteiger charge is -2.35. The van der Waals surface area contributed by atoms with Crippen molar-refractivity contribution in [3.8, 4) is 5.75 Å². The van der Waals surface area contributed by atoms with Crippen LogP contribution in [0, 0.1) is 13.8 Å². The first-order valence-electron chi connectivity index (χ1n) is 14.5. The number of aryl methyl sites for hydroxylation is 2. The summed E-state index contributed by atoms with van der Waals surface area (Å²) in [6, 6.07) is 9.54. The average molecular weight is 583 g/mol. The van der Waals surface area contributed by atoms with Crippen molar-refractivity contribution in [1.82, 2.24) is 10.2 Å². The van der Waals surface area contributed by atoms with Gasteiger partial charge in [0.25, 0.3) is 5.91 Å². The molecule has 2 aromatic carbocycles. The minimum Gasteiger partial charge on any atom is -0.508 e. The molecule has 4 amide bonds. The summed E-state index contributed by atoms with van der Waals surface area (Å²) in [6.45, 7) is 11.1. The summed E-state index contributed by atoms with van der Waals surface area (Å²) >= 11 is 0. The van der Waals surface area contributed by atoms with Crippen molar-refractivity contribution < 1.29 is 29.0 Å². The molecule has 0 aliphatic rings. The quantitative estimate of drug-likeness (QED) is 0.223. The van der Waals surface area contributed by atoms with Crippen LogP contribution in [0.4, 0.5) is 10.5 Å². The molecule has 2 atom stereocenters. The molecule has 0 saturated carbocycles. The number of ether oxygens (including phenoxy) is 1. The summed E-state index contributed by atoms with van der Waals surface area (Å²) in [4.78, 5) is 54.2. The first-order valence-corrected chi connectivity index (χ1v) is 14.5. The molecule has 10 heteroatoms. The van der Waals surface area contributed by atoms with Crippen LogP contribution in [0.3, 0.4) is 0 Å². The van der Waals surface area contributed by atoms with Gasteiger partial charge in [0.2, 0.25) is 11.8 Å². The Morgan fingerprint density at radius 3 is 2.19 bits per heavy atom. The molecule has 0 radical (unpaired) electrons. The number of para-hydroxylation sites is 2. The Morgan fingerprint density at radius 2 is 1.62 bits per heavy atom. The maximum absolute atomic E-state index is 14.3. The van der Waals surface area contributed by atoms with E-state index in [9.17, 15) is 24.3 Å². The van der Waals surface area contributed by atoms with Crippen LogP contribution in [0.15, 0.2) is 42.5 Å². The monoisotopic (exact) mass is 582 g/mol. The largest absolute Gasteiger partial charge is 0.508 e. The molecular formula is C32H46N4O6. The third-order valence-corrected chi connectivity index (χ3v) is 6.72. The van der Waals surface area contributed by atoms with E-state index in [0.29, 0.717) is 12.1 Å². The van der Waals surface area contributed by atoms with Gasteiger partial charge in [-0.1, -0.05) is 62.6 Å². The van der Waals surface area contributed by atoms with Crippen LogP contribution in [-0.2, 0) is 19.1 Å². The number of amides is 4. The van der Waals surface area contributed by atoms with Gasteiger partial charge in [-0.25, -0.2) is 4.79 Å². The number of anilines is 1. The zero-order chi connectivity index (χ0) is 31.4. The van der Waals surface area contributed by atoms with Gasteiger partial charge in [0.05, 0.1) is 0 Å². The molecule has 2 aromatic rings. The van der Waals surface area contributed by atoms with Gasteiger partial charge >= 0.3 is 6.09 Å². The van der Waals surface area contributed by atoms with Crippen molar-refractivity contribution in [1.29, 1.82) is 0 Å². The standard InChI is InChI=1S/C32H46N4O6/c1-7-8-9-12-20-36(30(40)24(18-19-26(33)38)34-31(41)42-32(4,5)6)28(23-16-10-11-17-25(23)37)29(39)35-27-21(2)14-13-15-22(27)3/h10-11,13-17,24,28,37H,7-9,12,18-20H2,1-6H3,(H2,33,38)(H,34,41)(H,35,39). The number of nitrogens with zero attached hydrogens (tertiary/aromatic N) is 1. The van der Waals surface area contributed by atoms with E-state index in [1.165, 1.54) is 11.0 Å². The van der Waals surface area contributed by atoms with E-state index in [1.54, 1.807) is 39.0 Å². The van der Waals surface area contributed by atoms with E-state index in [-0.39, 0.29) is 30.7 Å². The fourth-order valence-electron chi connectivity index (χ4n) is 4.64. The van der Waals surface area contributed by atoms with Crippen LogP contribution in [0.2, 0.25) is 0 Å². The van der Waals surface area contributed by atoms with E-state index in [1.807, 2.05) is 32.0 Å². The Hall–Kier alpha value is -4.08. The number of aromatic hydroxyl groups is 1. The number of hydrogen-bond donors (Lipinski definition) is 4. The second-order valence-corrected chi connectivity index (χ2v) is 11.5. The molecular weight excluding hydrogens is 536 g/mol. The summed E-state index contributed by atoms with van der Waals surface area (Å²) in [7, 11) is 0. The first kappa shape index (κ1) is 34.1. The topological polar surface area (TPSA) is 151 Å². The van der Waals surface area contributed by atoms with Crippen LogP contribution >= 0.6 is 0 Å². The van der Waals surface area contributed by atoms with Crippen molar-refractivity contribution in [2.45, 2.75) is 97.8 Å². The zero-order valence-electron chi connectivity index (χ0n) is 25.7. The molecule has 2 unspecified atom stereocenters. The normalized spacial score (nSPS) is 12.6. The number of carbonyl (C=O) groups excluding carboxylic acids is 4. The smallest absolute Gasteiger partial charge is 0.408 e. The van der Waals surface area contributed by atoms with Gasteiger partial charge in [0.15, 0.2) is 0 Å². The fraction of sp³-hybridized carbons (Fsp3) is 0.500. The maximum atomic E-state index is 14.3. The van der Waals surface area contributed by atoms with Crippen LogP contribution in [-0.4, -0.2) is 52.0 Å². The van der Waals surface area contributed by atoms with Gasteiger partial charge in [-0.2, -0.15) is 0 Å². The molecule has 230 valence electrons. The van der Waals surface area contributed by atoms with E-state index in [4.69, 9.17) is 10.5 Å². The van der Waals surface area contributed by atoms with E-state index in [0.717, 1.165) is 30.4 Å². The second-order valence-electron chi connectivity index (χ2n) is 11.5. The van der Waals surface area contributed by atoms with Crippen LogP contribution in [0.25, 0.3) is 0 Å². The third kappa shape index (κ3) is 10.4. The van der Waals surface area contributed by atoms with Crippen molar-refractivity contribution >= 4 is 29.5 Å². The number of phenols is 1. The summed E-state index contributed by atoms with van der Waals surface area (Å²) < 4.78 is 5.38. The van der Waals surface area contributed by atoms with Crippen molar-refractivity contribution in [3.63, 3.8) is 0 Å². The Labute approximate surface area is 249 Å². The minimum atomic E-state index is -1.24. The highest BCUT2D eigenvalue weighted by molar-refractivity contribution is 6.00. The predicted molar refractivity (Wildman–Crippen MR) is 163 cm³/mol. The number of nitrogens with two attached hydrogens (primary N) is 1. The summed E-state index contributed by atoms with van der Waals surface area (Å²) in [5.41, 5.74) is 7.08. The van der Waals surface area contributed by atoms with Gasteiger partial charge in [-0.05, 0) is 64.7 Å². The van der Waals surface area contributed by atoms with Gasteiger partial charge in [-0.15, -0.1) is 0 Å². The number of benzene rings is 2. The zero-order valence-corrected chi connectivity index (χ0v) is 25.7. The number of nitrogens with one attached hydrogen (secondary N) is 2. The van der Waals surface area contributed by atoms with E-state index >= 15 is 0 Å². The molecule has 0 bridgehead atoms. The molecule has 0 spiro atoms. The van der Waals surface area contributed by atoms with Crippen LogP contribution in [0.5, 0.6) is 5.75 Å². The lowest BCUT2D eigenvalue weighted by molar-refractivity contribution is -0.141. The maximum Gasteiger partial charge on any atom is 0.408 e. The highest BCUT2D eigenvalue weighted by atomic mass is 16.6. The summed E-state index contributed by atoms with van der Waals surface area (Å²) in [5, 5.41) is 16.4. The average Bonchev–Trinajstić information content (AvgIpc) is 2.89. The number of unbranched alkanes of at least 4 members (excludes halogenated alkanes) is 3. The molecule has 5 N–H and O–H groups in total. The number of hydrogen-bond acceptors (Lipinski definition) is 6. The van der Waals surface area contributed by atoms with Crippen molar-refractivity contribution in [2.75, 3.05) is 11.9 Å². The molecule has 0 aromatic heterocycles. The summed E-state index contributed by atoms with van der Waals surface area (Å²) in [6.07, 6.45) is 2.17. The Kier molecular flexibility index (Phi) is 12.8. The van der Waals surface area contributed by atoms with Crippen molar-refractivity contribution in [3.05, 3.63) is 59.2 Å². The molecule has 0 saturated heterocycles. The summed E-state index contributed by atoms with van der Waals surface area (Å²) in [5.74, 6) is -1.91. The fourth-order valence-corrected chi connectivity index (χ4v) is 4.64. The number of phenolic OH excluding ortho intramolecular Hbond substituents is 1. The third-order valence-electron chi connectivity index (χ3n) is 6.72. The Morgan fingerprint density at radius 1 is 0.976 bits per heavy atom. The molecule has 42 heavy (non-hydrogen) atoms. The Balaban J connectivity index is 2.60. The van der Waals surface area contributed by atoms with E-state index < -0.39 is 41.5 Å². The van der Waals surface area contributed by atoms with Gasteiger partial charge < -0.3 is 31.1 Å². The molecule has 0 aliphatic carbocycles. The lowest BCUT2D eigenvalue weighted by Crippen LogP contribution is -2.53. The minimum absolute atomic E-state index is 0.0924. The molecule has 10 nitrogen and oxygen atoms in total. The van der Waals surface area contributed by atoms with Gasteiger partial charge in [0.1, 0.15) is 23.4 Å². The number of alkyl carbamates (subject to hydrolysis) is 1. The number of primary amides is 1. The SMILES string of the molecule is CCCCCCN(C(=O)C(CCC(N)=O)NC(=O)OC(C)(C)C)C(C(=O)Nc1c(C)cccc1C)c1ccccc1O. The molecule has 0 aliphatic heterocycles. The van der Waals surface area contributed by atoms with Gasteiger partial charge in [-0.3, -0.25) is 14.4 Å². The second kappa shape index (κ2) is 15.8. The van der Waals surface area contributed by atoms with Crippen LogP contribution < -0.4 is 16.4 Å². The predicted octanol–water partition coefficient (Wildman–Crippen LogP) is 5.26. The lowest BCUT2D eigenvalue weighted by atomic mass is 9.99. The number of rotatable bonds is 14. The molecule has 0 heterocycles. The molecule has 2 rings (SSSR count). The van der Waals surface area contributed by atoms with Gasteiger partial charge in [0, 0.05) is 24.2 Å². The highest BCUT2D eigenvalue weighted by Crippen LogP contribution is 2.32. The molecule has 0 fully saturated rings. The number of carbonyl (C=O) groups is 4. The van der Waals surface area contributed by atoms with Crippen LogP contribution in [0.1, 0.15) is 89.0 Å². The van der Waals surface area contributed by atoms with Crippen molar-refractivity contribution in [2.24, 2.45) is 5.73 Å². The first-order chi connectivity index (χ1) is 19.7. The highest BCUT2D eigenvalue weighted by Gasteiger charge is 2.37.